The van der Waals surface area contributed by atoms with E-state index >= 15 is 0 Å². The number of halogens is 2. The van der Waals surface area contributed by atoms with Crippen LogP contribution in [0.5, 0.6) is 0 Å². The van der Waals surface area contributed by atoms with E-state index in [0.29, 0.717) is 35.4 Å². The van der Waals surface area contributed by atoms with Crippen LogP contribution in [0.4, 0.5) is 11.4 Å². The summed E-state index contributed by atoms with van der Waals surface area (Å²) >= 11 is 12.7. The summed E-state index contributed by atoms with van der Waals surface area (Å²) in [5.41, 5.74) is 6.11. The van der Waals surface area contributed by atoms with Crippen LogP contribution < -0.4 is 5.32 Å². The number of pyridine rings is 1. The fourth-order valence-electron chi connectivity index (χ4n) is 4.66. The molecule has 10 heteroatoms. The van der Waals surface area contributed by atoms with Gasteiger partial charge in [-0.05, 0) is 63.6 Å². The minimum atomic E-state index is -0.450. The van der Waals surface area contributed by atoms with E-state index in [0.717, 1.165) is 45.3 Å². The van der Waals surface area contributed by atoms with E-state index < -0.39 is 6.29 Å². The molecule has 5 rings (SSSR count). The first-order chi connectivity index (χ1) is 18.9. The Bertz CT molecular complexity index is 1540. The van der Waals surface area contributed by atoms with Crippen molar-refractivity contribution in [3.05, 3.63) is 76.3 Å². The molecular formula is C29H30Cl2N6O2. The van der Waals surface area contributed by atoms with Crippen LogP contribution in [0.3, 0.4) is 0 Å². The lowest BCUT2D eigenvalue weighted by Gasteiger charge is -2.22. The van der Waals surface area contributed by atoms with Gasteiger partial charge >= 0.3 is 0 Å². The molecule has 2 aromatic carbocycles. The average molecular weight is 566 g/mol. The molecule has 1 atom stereocenters. The van der Waals surface area contributed by atoms with Gasteiger partial charge in [0.25, 0.3) is 0 Å². The van der Waals surface area contributed by atoms with Gasteiger partial charge in [0.1, 0.15) is 23.2 Å². The third-order valence-corrected chi connectivity index (χ3v) is 7.13. The summed E-state index contributed by atoms with van der Waals surface area (Å²) in [6, 6.07) is 13.5. The number of fused-ring (bicyclic) bond motifs is 2. The highest BCUT2D eigenvalue weighted by Gasteiger charge is 2.22. The fourth-order valence-corrected chi connectivity index (χ4v) is 4.98. The summed E-state index contributed by atoms with van der Waals surface area (Å²) in [4.78, 5) is 18.8. The molecule has 0 aliphatic carbocycles. The summed E-state index contributed by atoms with van der Waals surface area (Å²) in [5.74, 6) is 1.62. The largest absolute Gasteiger partial charge is 0.351 e. The minimum absolute atomic E-state index is 0.243. The minimum Gasteiger partial charge on any atom is -0.351 e. The van der Waals surface area contributed by atoms with Gasteiger partial charge in [0, 0.05) is 31.5 Å². The molecule has 0 fully saturated rings. The van der Waals surface area contributed by atoms with E-state index in [-0.39, 0.29) is 6.04 Å². The Hall–Kier alpha value is -3.30. The molecular weight excluding hydrogens is 535 g/mol. The van der Waals surface area contributed by atoms with Crippen LogP contribution >= 0.6 is 23.2 Å². The van der Waals surface area contributed by atoms with Crippen molar-refractivity contribution in [3.8, 4) is 5.69 Å². The maximum Gasteiger partial charge on any atom is 0.179 e. The molecule has 2 aromatic heterocycles. The number of hydrogen-bond acceptors (Lipinski definition) is 6. The van der Waals surface area contributed by atoms with Crippen LogP contribution in [0.25, 0.3) is 16.7 Å². The maximum absolute atomic E-state index is 6.36. The lowest BCUT2D eigenvalue weighted by molar-refractivity contribution is -0.144. The summed E-state index contributed by atoms with van der Waals surface area (Å²) in [6.07, 6.45) is 3.57. The van der Waals surface area contributed by atoms with Crippen LogP contribution in [0.15, 0.2) is 64.8 Å². The number of benzene rings is 2. The van der Waals surface area contributed by atoms with Crippen LogP contribution in [0.2, 0.25) is 10.0 Å². The van der Waals surface area contributed by atoms with Crippen molar-refractivity contribution >= 4 is 57.2 Å². The zero-order valence-corrected chi connectivity index (χ0v) is 23.8. The zero-order chi connectivity index (χ0) is 27.5. The van der Waals surface area contributed by atoms with Crippen molar-refractivity contribution < 1.29 is 9.47 Å². The predicted octanol–water partition coefficient (Wildman–Crippen LogP) is 7.16. The summed E-state index contributed by atoms with van der Waals surface area (Å²) in [5, 5.41) is 4.30. The molecule has 0 saturated carbocycles. The molecule has 0 bridgehead atoms. The number of aromatic nitrogens is 3. The van der Waals surface area contributed by atoms with E-state index in [4.69, 9.17) is 42.7 Å². The Morgan fingerprint density at radius 1 is 1.05 bits per heavy atom. The van der Waals surface area contributed by atoms with E-state index in [9.17, 15) is 0 Å². The van der Waals surface area contributed by atoms with Crippen molar-refractivity contribution in [2.24, 2.45) is 9.98 Å². The first kappa shape index (κ1) is 27.3. The lowest BCUT2D eigenvalue weighted by atomic mass is 10.1. The lowest BCUT2D eigenvalue weighted by Crippen LogP contribution is -2.30. The van der Waals surface area contributed by atoms with Gasteiger partial charge in [-0.2, -0.15) is 0 Å². The fraction of sp³-hybridized carbons (Fsp3) is 0.310. The van der Waals surface area contributed by atoms with Gasteiger partial charge in [-0.3, -0.25) is 19.5 Å². The Morgan fingerprint density at radius 3 is 2.49 bits per heavy atom. The molecule has 1 N–H and O–H groups in total. The highest BCUT2D eigenvalue weighted by Crippen LogP contribution is 2.37. The first-order valence-corrected chi connectivity index (χ1v) is 13.7. The highest BCUT2D eigenvalue weighted by molar-refractivity contribution is 6.42. The van der Waals surface area contributed by atoms with Gasteiger partial charge in [0.2, 0.25) is 0 Å². The molecule has 1 aliphatic heterocycles. The standard InChI is InChI=1S/C29H30Cl2N6O2/c1-5-38-29(39-6-2)17(3)33-28-15-23(35-24-13-21(30)22(31)14-25(24)36-28)19-7-9-20(10-8-19)37-18(4)34-26-16-32-12-11-27(26)37/h7-14,16-17,29H,5-6,15H2,1-4H3,(H,33,36). The first-order valence-electron chi connectivity index (χ1n) is 12.9. The number of anilines is 1. The van der Waals surface area contributed by atoms with Crippen molar-refractivity contribution in [1.29, 1.82) is 0 Å². The Labute approximate surface area is 237 Å². The van der Waals surface area contributed by atoms with Gasteiger partial charge in [-0.15, -0.1) is 0 Å². The normalized spacial score (nSPS) is 15.3. The second-order valence-electron chi connectivity index (χ2n) is 9.14. The van der Waals surface area contributed by atoms with E-state index in [1.807, 2.05) is 33.8 Å². The smallest absolute Gasteiger partial charge is 0.179 e. The third-order valence-electron chi connectivity index (χ3n) is 6.41. The molecule has 39 heavy (non-hydrogen) atoms. The molecule has 0 amide bonds. The number of rotatable bonds is 8. The zero-order valence-electron chi connectivity index (χ0n) is 22.3. The van der Waals surface area contributed by atoms with Gasteiger partial charge in [-0.25, -0.2) is 4.98 Å². The van der Waals surface area contributed by atoms with Crippen molar-refractivity contribution in [1.82, 2.24) is 14.5 Å². The molecule has 0 saturated heterocycles. The molecule has 8 nitrogen and oxygen atoms in total. The van der Waals surface area contributed by atoms with Gasteiger partial charge in [-0.1, -0.05) is 35.3 Å². The van der Waals surface area contributed by atoms with Crippen LogP contribution in [0, 0.1) is 6.92 Å². The van der Waals surface area contributed by atoms with E-state index in [1.165, 1.54) is 0 Å². The third kappa shape index (κ3) is 5.84. The number of amidine groups is 1. The number of ether oxygens (including phenoxy) is 2. The Balaban J connectivity index is 1.53. The van der Waals surface area contributed by atoms with Crippen LogP contribution in [-0.2, 0) is 9.47 Å². The molecule has 3 heterocycles. The number of imidazole rings is 1. The molecule has 1 unspecified atom stereocenters. The van der Waals surface area contributed by atoms with Gasteiger partial charge in [0.15, 0.2) is 6.29 Å². The molecule has 0 spiro atoms. The van der Waals surface area contributed by atoms with E-state index in [2.05, 4.69) is 44.1 Å². The Morgan fingerprint density at radius 2 is 1.77 bits per heavy atom. The second-order valence-corrected chi connectivity index (χ2v) is 9.96. The van der Waals surface area contributed by atoms with Crippen LogP contribution in [-0.4, -0.2) is 51.6 Å². The monoisotopic (exact) mass is 564 g/mol. The molecule has 4 aromatic rings. The number of nitrogens with one attached hydrogen (secondary N) is 1. The van der Waals surface area contributed by atoms with Crippen molar-refractivity contribution in [2.45, 2.75) is 46.4 Å². The molecule has 1 aliphatic rings. The SMILES string of the molecule is CCOC(OCC)C(C)N=C1CC(c2ccc(-n3c(C)nc4cnccc43)cc2)=Nc2cc(Cl)c(Cl)cc2N1. The summed E-state index contributed by atoms with van der Waals surface area (Å²) < 4.78 is 13.7. The van der Waals surface area contributed by atoms with Crippen molar-refractivity contribution in [3.63, 3.8) is 0 Å². The summed E-state index contributed by atoms with van der Waals surface area (Å²) in [6.45, 7) is 8.91. The predicted molar refractivity (Wildman–Crippen MR) is 158 cm³/mol. The van der Waals surface area contributed by atoms with E-state index in [1.54, 1.807) is 24.5 Å². The second kappa shape index (κ2) is 11.8. The quantitative estimate of drug-likeness (QED) is 0.229. The highest BCUT2D eigenvalue weighted by atomic mass is 35.5. The number of hydrogen-bond donors (Lipinski definition) is 1. The number of nitrogens with zero attached hydrogens (tertiary/aromatic N) is 5. The Kier molecular flexibility index (Phi) is 8.28. The van der Waals surface area contributed by atoms with Gasteiger partial charge < -0.3 is 14.8 Å². The molecule has 202 valence electrons. The van der Waals surface area contributed by atoms with Gasteiger partial charge in [0.05, 0.1) is 38.8 Å². The average Bonchev–Trinajstić information content (AvgIpc) is 3.16. The summed E-state index contributed by atoms with van der Waals surface area (Å²) in [7, 11) is 0. The number of aryl methyl sites for hydroxylation is 1. The maximum atomic E-state index is 6.36. The number of aliphatic imine (C=N–C) groups is 2. The topological polar surface area (TPSA) is 85.9 Å². The van der Waals surface area contributed by atoms with Crippen molar-refractivity contribution in [2.75, 3.05) is 18.5 Å². The van der Waals surface area contributed by atoms with Crippen LogP contribution in [0.1, 0.15) is 38.6 Å². The molecule has 0 radical (unpaired) electrons.